The summed E-state index contributed by atoms with van der Waals surface area (Å²) >= 11 is 2.05. The summed E-state index contributed by atoms with van der Waals surface area (Å²) in [7, 11) is 0. The lowest BCUT2D eigenvalue weighted by Crippen LogP contribution is -2.23. The second kappa shape index (κ2) is 9.44. The molecular formula is C17H29NS. The Balaban J connectivity index is 2.71. The second-order valence-electron chi connectivity index (χ2n) is 5.53. The quantitative estimate of drug-likeness (QED) is 0.659. The summed E-state index contributed by atoms with van der Waals surface area (Å²) in [5, 5.41) is 3.62. The van der Waals surface area contributed by atoms with E-state index >= 15 is 0 Å². The highest BCUT2D eigenvalue weighted by Gasteiger charge is 2.10. The maximum absolute atomic E-state index is 3.62. The molecule has 1 aromatic rings. The number of benzene rings is 1. The SMILES string of the molecule is CCCSCC(NCC)c1cccc(CC(C)C)c1. The summed E-state index contributed by atoms with van der Waals surface area (Å²) < 4.78 is 0. The van der Waals surface area contributed by atoms with Gasteiger partial charge in [-0.15, -0.1) is 0 Å². The topological polar surface area (TPSA) is 12.0 Å². The molecule has 0 aliphatic rings. The Morgan fingerprint density at radius 1 is 1.21 bits per heavy atom. The zero-order valence-electron chi connectivity index (χ0n) is 12.9. The monoisotopic (exact) mass is 279 g/mol. The molecule has 0 saturated carbocycles. The molecule has 19 heavy (non-hydrogen) atoms. The predicted octanol–water partition coefficient (Wildman–Crippen LogP) is 4.68. The van der Waals surface area contributed by atoms with E-state index in [0.717, 1.165) is 12.5 Å². The van der Waals surface area contributed by atoms with E-state index in [2.05, 4.69) is 69.0 Å². The minimum absolute atomic E-state index is 0.494. The lowest BCUT2D eigenvalue weighted by molar-refractivity contribution is 0.602. The molecule has 2 heteroatoms. The molecule has 0 aromatic heterocycles. The van der Waals surface area contributed by atoms with Crippen molar-refractivity contribution in [3.63, 3.8) is 0 Å². The van der Waals surface area contributed by atoms with Crippen LogP contribution in [0.5, 0.6) is 0 Å². The Morgan fingerprint density at radius 2 is 2.00 bits per heavy atom. The summed E-state index contributed by atoms with van der Waals surface area (Å²) in [6.45, 7) is 10.0. The van der Waals surface area contributed by atoms with E-state index in [4.69, 9.17) is 0 Å². The van der Waals surface area contributed by atoms with Gasteiger partial charge >= 0.3 is 0 Å². The van der Waals surface area contributed by atoms with Crippen molar-refractivity contribution >= 4 is 11.8 Å². The lowest BCUT2D eigenvalue weighted by Gasteiger charge is -2.19. The van der Waals surface area contributed by atoms with E-state index in [1.807, 2.05) is 0 Å². The Labute approximate surface area is 123 Å². The standard InChI is InChI=1S/C17H29NS/c1-5-10-19-13-17(18-6-2)16-9-7-8-15(12-16)11-14(3)4/h7-9,12,14,17-18H,5-6,10-11,13H2,1-4H3. The molecule has 0 heterocycles. The molecule has 0 amide bonds. The van der Waals surface area contributed by atoms with Crippen molar-refractivity contribution in [3.05, 3.63) is 35.4 Å². The fourth-order valence-electron chi connectivity index (χ4n) is 2.27. The molecule has 1 atom stereocenters. The summed E-state index contributed by atoms with van der Waals surface area (Å²) in [5.74, 6) is 3.16. The van der Waals surface area contributed by atoms with Crippen LogP contribution in [0.2, 0.25) is 0 Å². The Morgan fingerprint density at radius 3 is 2.63 bits per heavy atom. The van der Waals surface area contributed by atoms with Gasteiger partial charge in [-0.2, -0.15) is 11.8 Å². The molecule has 1 aromatic carbocycles. The van der Waals surface area contributed by atoms with Crippen molar-refractivity contribution in [2.75, 3.05) is 18.1 Å². The maximum Gasteiger partial charge on any atom is 0.0411 e. The van der Waals surface area contributed by atoms with Gasteiger partial charge in [0, 0.05) is 11.8 Å². The van der Waals surface area contributed by atoms with Gasteiger partial charge < -0.3 is 5.32 Å². The van der Waals surface area contributed by atoms with Crippen molar-refractivity contribution in [2.45, 2.75) is 46.6 Å². The largest absolute Gasteiger partial charge is 0.310 e. The molecule has 0 aliphatic carbocycles. The van der Waals surface area contributed by atoms with Crippen LogP contribution in [-0.4, -0.2) is 18.1 Å². The van der Waals surface area contributed by atoms with Gasteiger partial charge in [0.1, 0.15) is 0 Å². The van der Waals surface area contributed by atoms with Crippen molar-refractivity contribution in [1.82, 2.24) is 5.32 Å². The third-order valence-electron chi connectivity index (χ3n) is 3.08. The third kappa shape index (κ3) is 6.49. The van der Waals surface area contributed by atoms with E-state index in [-0.39, 0.29) is 0 Å². The van der Waals surface area contributed by atoms with Crippen LogP contribution in [0.25, 0.3) is 0 Å². The van der Waals surface area contributed by atoms with Crippen LogP contribution >= 0.6 is 11.8 Å². The fourth-order valence-corrected chi connectivity index (χ4v) is 3.27. The van der Waals surface area contributed by atoms with Crippen molar-refractivity contribution in [2.24, 2.45) is 5.92 Å². The van der Waals surface area contributed by atoms with Crippen LogP contribution in [0.3, 0.4) is 0 Å². The molecule has 1 N–H and O–H groups in total. The second-order valence-corrected chi connectivity index (χ2v) is 6.68. The highest BCUT2D eigenvalue weighted by Crippen LogP contribution is 2.21. The van der Waals surface area contributed by atoms with Crippen LogP contribution in [0.15, 0.2) is 24.3 Å². The highest BCUT2D eigenvalue weighted by molar-refractivity contribution is 7.99. The molecule has 0 aliphatic heterocycles. The molecule has 0 radical (unpaired) electrons. The van der Waals surface area contributed by atoms with Gasteiger partial charge in [-0.05, 0) is 42.2 Å². The normalized spacial score (nSPS) is 12.9. The number of hydrogen-bond acceptors (Lipinski definition) is 2. The average molecular weight is 279 g/mol. The van der Waals surface area contributed by atoms with E-state index in [0.29, 0.717) is 6.04 Å². The minimum Gasteiger partial charge on any atom is -0.310 e. The summed E-state index contributed by atoms with van der Waals surface area (Å²) in [6, 6.07) is 9.62. The van der Waals surface area contributed by atoms with E-state index in [9.17, 15) is 0 Å². The summed E-state index contributed by atoms with van der Waals surface area (Å²) in [4.78, 5) is 0. The molecule has 0 bridgehead atoms. The van der Waals surface area contributed by atoms with Gasteiger partial charge in [0.15, 0.2) is 0 Å². The first-order chi connectivity index (χ1) is 9.17. The molecule has 108 valence electrons. The number of rotatable bonds is 9. The number of nitrogens with one attached hydrogen (secondary N) is 1. The van der Waals surface area contributed by atoms with Crippen molar-refractivity contribution in [3.8, 4) is 0 Å². The summed E-state index contributed by atoms with van der Waals surface area (Å²) in [5.41, 5.74) is 2.92. The third-order valence-corrected chi connectivity index (χ3v) is 4.35. The Kier molecular flexibility index (Phi) is 8.24. The first-order valence-electron chi connectivity index (χ1n) is 7.57. The first kappa shape index (κ1) is 16.6. The van der Waals surface area contributed by atoms with Gasteiger partial charge in [-0.25, -0.2) is 0 Å². The van der Waals surface area contributed by atoms with Gasteiger partial charge in [-0.1, -0.05) is 52.0 Å². The number of thioether (sulfide) groups is 1. The van der Waals surface area contributed by atoms with E-state index in [1.165, 1.54) is 35.5 Å². The van der Waals surface area contributed by atoms with Crippen LogP contribution in [0.4, 0.5) is 0 Å². The van der Waals surface area contributed by atoms with Crippen LogP contribution < -0.4 is 5.32 Å². The van der Waals surface area contributed by atoms with Gasteiger partial charge in [0.05, 0.1) is 0 Å². The van der Waals surface area contributed by atoms with Gasteiger partial charge in [-0.3, -0.25) is 0 Å². The molecule has 0 saturated heterocycles. The predicted molar refractivity (Wildman–Crippen MR) is 89.0 cm³/mol. The van der Waals surface area contributed by atoms with Crippen LogP contribution in [0, 0.1) is 5.92 Å². The zero-order valence-corrected chi connectivity index (χ0v) is 13.7. The van der Waals surface area contributed by atoms with Gasteiger partial charge in [0.25, 0.3) is 0 Å². The Bertz CT molecular complexity index is 349. The molecule has 1 nitrogen and oxygen atoms in total. The first-order valence-corrected chi connectivity index (χ1v) is 8.72. The molecular weight excluding hydrogens is 250 g/mol. The molecule has 1 unspecified atom stereocenters. The highest BCUT2D eigenvalue weighted by atomic mass is 32.2. The van der Waals surface area contributed by atoms with E-state index < -0.39 is 0 Å². The molecule has 1 rings (SSSR count). The number of hydrogen-bond donors (Lipinski definition) is 1. The van der Waals surface area contributed by atoms with Crippen molar-refractivity contribution in [1.29, 1.82) is 0 Å². The van der Waals surface area contributed by atoms with Crippen LogP contribution in [0.1, 0.15) is 51.3 Å². The van der Waals surface area contributed by atoms with Crippen molar-refractivity contribution < 1.29 is 0 Å². The van der Waals surface area contributed by atoms with E-state index in [1.54, 1.807) is 0 Å². The fraction of sp³-hybridized carbons (Fsp3) is 0.647. The average Bonchev–Trinajstić information content (AvgIpc) is 2.37. The molecule has 0 spiro atoms. The zero-order chi connectivity index (χ0) is 14.1. The van der Waals surface area contributed by atoms with Crippen LogP contribution in [-0.2, 0) is 6.42 Å². The maximum atomic E-state index is 3.62. The summed E-state index contributed by atoms with van der Waals surface area (Å²) in [6.07, 6.45) is 2.44. The molecule has 0 fully saturated rings. The lowest BCUT2D eigenvalue weighted by atomic mass is 9.99. The van der Waals surface area contributed by atoms with Gasteiger partial charge in [0.2, 0.25) is 0 Å². The minimum atomic E-state index is 0.494. The smallest absolute Gasteiger partial charge is 0.0411 e. The Hall–Kier alpha value is -0.470.